The van der Waals surface area contributed by atoms with E-state index in [9.17, 15) is 4.79 Å². The van der Waals surface area contributed by atoms with Crippen molar-refractivity contribution < 1.29 is 9.53 Å². The molecule has 0 bridgehead atoms. The van der Waals surface area contributed by atoms with Gasteiger partial charge in [-0.25, -0.2) is 0 Å². The maximum absolute atomic E-state index is 12.5. The second kappa shape index (κ2) is 8.04. The summed E-state index contributed by atoms with van der Waals surface area (Å²) in [6.07, 6.45) is 1.80. The first kappa shape index (κ1) is 18.6. The molecule has 0 aliphatic rings. The van der Waals surface area contributed by atoms with Crippen molar-refractivity contribution in [1.82, 2.24) is 4.98 Å². The molecule has 27 heavy (non-hydrogen) atoms. The summed E-state index contributed by atoms with van der Waals surface area (Å²) in [7, 11) is 0. The number of nitrogens with one attached hydrogen (secondary N) is 1. The standard InChI is InChI=1S/C23H24N2O2/c1-15-6-5-7-22(17(15)3)25-23(26)19-8-10-20(11-9-19)27-14-21-16(2)12-13-24-18(21)4/h5-13H,14H2,1-4H3,(H,25,26). The van der Waals surface area contributed by atoms with E-state index in [1.807, 2.05) is 64.1 Å². The Morgan fingerprint density at radius 2 is 1.70 bits per heavy atom. The van der Waals surface area contributed by atoms with Crippen LogP contribution in [0.4, 0.5) is 5.69 Å². The third-order valence-electron chi connectivity index (χ3n) is 4.86. The highest BCUT2D eigenvalue weighted by Crippen LogP contribution is 2.20. The van der Waals surface area contributed by atoms with Crippen LogP contribution in [0.25, 0.3) is 0 Å². The number of nitrogens with zero attached hydrogens (tertiary/aromatic N) is 1. The molecular weight excluding hydrogens is 336 g/mol. The summed E-state index contributed by atoms with van der Waals surface area (Å²) in [5.74, 6) is 0.593. The van der Waals surface area contributed by atoms with E-state index in [0.717, 1.165) is 39.4 Å². The zero-order valence-electron chi connectivity index (χ0n) is 16.2. The Kier molecular flexibility index (Phi) is 5.55. The Hall–Kier alpha value is -3.14. The second-order valence-corrected chi connectivity index (χ2v) is 6.71. The maximum Gasteiger partial charge on any atom is 0.255 e. The van der Waals surface area contributed by atoms with E-state index in [2.05, 4.69) is 10.3 Å². The van der Waals surface area contributed by atoms with Crippen molar-refractivity contribution in [2.24, 2.45) is 0 Å². The predicted molar refractivity (Wildman–Crippen MR) is 108 cm³/mol. The summed E-state index contributed by atoms with van der Waals surface area (Å²) >= 11 is 0. The van der Waals surface area contributed by atoms with Crippen LogP contribution in [-0.4, -0.2) is 10.9 Å². The van der Waals surface area contributed by atoms with Crippen LogP contribution >= 0.6 is 0 Å². The Morgan fingerprint density at radius 1 is 0.963 bits per heavy atom. The molecular formula is C23H24N2O2. The minimum absolute atomic E-state index is 0.130. The first-order valence-electron chi connectivity index (χ1n) is 8.97. The monoisotopic (exact) mass is 360 g/mol. The number of aromatic nitrogens is 1. The van der Waals surface area contributed by atoms with Gasteiger partial charge in [0, 0.05) is 28.7 Å². The molecule has 3 aromatic rings. The summed E-state index contributed by atoms with van der Waals surface area (Å²) in [5.41, 5.74) is 6.88. The lowest BCUT2D eigenvalue weighted by Gasteiger charge is -2.12. The van der Waals surface area contributed by atoms with Crippen LogP contribution < -0.4 is 10.1 Å². The van der Waals surface area contributed by atoms with Gasteiger partial charge in [-0.1, -0.05) is 12.1 Å². The minimum Gasteiger partial charge on any atom is -0.489 e. The van der Waals surface area contributed by atoms with Crippen LogP contribution in [0.3, 0.4) is 0 Å². The Labute approximate surface area is 160 Å². The van der Waals surface area contributed by atoms with Crippen molar-refractivity contribution >= 4 is 11.6 Å². The van der Waals surface area contributed by atoms with E-state index in [-0.39, 0.29) is 5.91 Å². The van der Waals surface area contributed by atoms with E-state index in [1.54, 1.807) is 18.3 Å². The van der Waals surface area contributed by atoms with Gasteiger partial charge in [0.1, 0.15) is 12.4 Å². The topological polar surface area (TPSA) is 51.2 Å². The van der Waals surface area contributed by atoms with Gasteiger partial charge < -0.3 is 10.1 Å². The molecule has 4 heteroatoms. The van der Waals surface area contributed by atoms with Crippen molar-refractivity contribution in [2.75, 3.05) is 5.32 Å². The summed E-state index contributed by atoms with van der Waals surface area (Å²) in [4.78, 5) is 16.8. The van der Waals surface area contributed by atoms with Gasteiger partial charge >= 0.3 is 0 Å². The van der Waals surface area contributed by atoms with Crippen LogP contribution in [-0.2, 0) is 6.61 Å². The van der Waals surface area contributed by atoms with Gasteiger partial charge in [0.05, 0.1) is 0 Å². The number of carbonyl (C=O) groups is 1. The summed E-state index contributed by atoms with van der Waals surface area (Å²) in [6, 6.07) is 15.1. The number of anilines is 1. The molecule has 0 aliphatic carbocycles. The molecule has 0 unspecified atom stereocenters. The first-order chi connectivity index (χ1) is 13.0. The van der Waals surface area contributed by atoms with Crippen molar-refractivity contribution in [1.29, 1.82) is 0 Å². The molecule has 3 rings (SSSR count). The van der Waals surface area contributed by atoms with Gasteiger partial charge in [-0.15, -0.1) is 0 Å². The van der Waals surface area contributed by atoms with E-state index < -0.39 is 0 Å². The van der Waals surface area contributed by atoms with Gasteiger partial charge in [-0.2, -0.15) is 0 Å². The highest BCUT2D eigenvalue weighted by atomic mass is 16.5. The molecule has 1 heterocycles. The zero-order chi connectivity index (χ0) is 19.4. The molecule has 0 aliphatic heterocycles. The Morgan fingerprint density at radius 3 is 2.41 bits per heavy atom. The van der Waals surface area contributed by atoms with E-state index in [4.69, 9.17) is 4.74 Å². The molecule has 0 atom stereocenters. The molecule has 4 nitrogen and oxygen atoms in total. The number of pyridine rings is 1. The molecule has 0 radical (unpaired) electrons. The molecule has 1 amide bonds. The van der Waals surface area contributed by atoms with Crippen molar-refractivity contribution in [2.45, 2.75) is 34.3 Å². The van der Waals surface area contributed by atoms with Crippen molar-refractivity contribution in [3.05, 3.63) is 88.2 Å². The van der Waals surface area contributed by atoms with E-state index in [0.29, 0.717) is 12.2 Å². The smallest absolute Gasteiger partial charge is 0.255 e. The maximum atomic E-state index is 12.5. The highest BCUT2D eigenvalue weighted by Gasteiger charge is 2.09. The predicted octanol–water partition coefficient (Wildman–Crippen LogP) is 5.15. The zero-order valence-corrected chi connectivity index (χ0v) is 16.2. The largest absolute Gasteiger partial charge is 0.489 e. The third-order valence-corrected chi connectivity index (χ3v) is 4.86. The van der Waals surface area contributed by atoms with Crippen LogP contribution in [0.2, 0.25) is 0 Å². The van der Waals surface area contributed by atoms with Crippen LogP contribution in [0.15, 0.2) is 54.7 Å². The van der Waals surface area contributed by atoms with Crippen LogP contribution in [0.1, 0.15) is 38.3 Å². The van der Waals surface area contributed by atoms with Crippen molar-refractivity contribution in [3.63, 3.8) is 0 Å². The van der Waals surface area contributed by atoms with E-state index in [1.165, 1.54) is 0 Å². The fraction of sp³-hybridized carbons (Fsp3) is 0.217. The number of benzene rings is 2. The quantitative estimate of drug-likeness (QED) is 0.685. The molecule has 0 saturated heterocycles. The summed E-state index contributed by atoms with van der Waals surface area (Å²) < 4.78 is 5.87. The SMILES string of the molecule is Cc1cccc(NC(=O)c2ccc(OCc3c(C)ccnc3C)cc2)c1C. The summed E-state index contributed by atoms with van der Waals surface area (Å²) in [5, 5.41) is 2.97. The van der Waals surface area contributed by atoms with Crippen LogP contribution in [0, 0.1) is 27.7 Å². The number of carbonyl (C=O) groups excluding carboxylic acids is 1. The molecule has 0 spiro atoms. The lowest BCUT2D eigenvalue weighted by Crippen LogP contribution is -2.13. The Bertz CT molecular complexity index is 942. The summed E-state index contributed by atoms with van der Waals surface area (Å²) in [6.45, 7) is 8.52. The van der Waals surface area contributed by atoms with Crippen LogP contribution in [0.5, 0.6) is 5.75 Å². The van der Waals surface area contributed by atoms with Crippen molar-refractivity contribution in [3.8, 4) is 5.75 Å². The van der Waals surface area contributed by atoms with Gasteiger partial charge in [-0.05, 0) is 80.8 Å². The first-order valence-corrected chi connectivity index (χ1v) is 8.97. The van der Waals surface area contributed by atoms with Gasteiger partial charge in [0.25, 0.3) is 5.91 Å². The lowest BCUT2D eigenvalue weighted by molar-refractivity contribution is 0.102. The number of rotatable bonds is 5. The average molecular weight is 360 g/mol. The van der Waals surface area contributed by atoms with Gasteiger partial charge in [0.15, 0.2) is 0 Å². The molecule has 1 aromatic heterocycles. The number of hydrogen-bond donors (Lipinski definition) is 1. The normalized spacial score (nSPS) is 10.5. The minimum atomic E-state index is -0.130. The number of aryl methyl sites for hydroxylation is 3. The van der Waals surface area contributed by atoms with E-state index >= 15 is 0 Å². The highest BCUT2D eigenvalue weighted by molar-refractivity contribution is 6.04. The molecule has 1 N–H and O–H groups in total. The molecule has 138 valence electrons. The molecule has 0 saturated carbocycles. The number of amides is 1. The third kappa shape index (κ3) is 4.34. The second-order valence-electron chi connectivity index (χ2n) is 6.71. The van der Waals surface area contributed by atoms with Gasteiger partial charge in [0.2, 0.25) is 0 Å². The van der Waals surface area contributed by atoms with Gasteiger partial charge in [-0.3, -0.25) is 9.78 Å². The molecule has 2 aromatic carbocycles. The fourth-order valence-corrected chi connectivity index (χ4v) is 2.88. The number of hydrogen-bond acceptors (Lipinski definition) is 3. The fourth-order valence-electron chi connectivity index (χ4n) is 2.88. The average Bonchev–Trinajstić information content (AvgIpc) is 2.65. The number of ether oxygens (including phenoxy) is 1. The molecule has 0 fully saturated rings. The Balaban J connectivity index is 1.66. The lowest BCUT2D eigenvalue weighted by atomic mass is 10.1.